The molecule has 4 rings (SSSR count). The highest BCUT2D eigenvalue weighted by Gasteiger charge is 2.19. The van der Waals surface area contributed by atoms with Crippen LogP contribution >= 0.6 is 0 Å². The second kappa shape index (κ2) is 7.19. The van der Waals surface area contributed by atoms with E-state index in [4.69, 9.17) is 4.52 Å². The topological polar surface area (TPSA) is 74.6 Å². The van der Waals surface area contributed by atoms with Gasteiger partial charge >= 0.3 is 0 Å². The number of benzene rings is 1. The summed E-state index contributed by atoms with van der Waals surface area (Å²) in [5.41, 5.74) is 2.08. The summed E-state index contributed by atoms with van der Waals surface area (Å²) in [5.74, 6) is 2.70. The monoisotopic (exact) mass is 362 g/mol. The molecule has 0 saturated heterocycles. The first kappa shape index (κ1) is 17.2. The molecule has 0 aliphatic carbocycles. The van der Waals surface area contributed by atoms with Crippen LogP contribution in [0.15, 0.2) is 59.9 Å². The maximum Gasteiger partial charge on any atom is 0.249 e. The predicted molar refractivity (Wildman–Crippen MR) is 101 cm³/mol. The van der Waals surface area contributed by atoms with E-state index in [1.165, 1.54) is 0 Å². The fourth-order valence-electron chi connectivity index (χ4n) is 3.05. The lowest BCUT2D eigenvalue weighted by Gasteiger charge is -2.13. The van der Waals surface area contributed by atoms with E-state index in [0.29, 0.717) is 11.8 Å². The van der Waals surface area contributed by atoms with Gasteiger partial charge in [-0.2, -0.15) is 4.98 Å². The molecule has 1 aromatic carbocycles. The van der Waals surface area contributed by atoms with Crippen LogP contribution in [0.2, 0.25) is 0 Å². The van der Waals surface area contributed by atoms with Crippen molar-refractivity contribution in [1.82, 2.24) is 29.2 Å². The van der Waals surface area contributed by atoms with E-state index in [0.717, 1.165) is 29.3 Å². The molecule has 7 heteroatoms. The lowest BCUT2D eigenvalue weighted by atomic mass is 10.1. The Morgan fingerprint density at radius 1 is 1.04 bits per heavy atom. The third-order valence-electron chi connectivity index (χ3n) is 4.45. The van der Waals surface area contributed by atoms with Crippen molar-refractivity contribution >= 4 is 0 Å². The van der Waals surface area contributed by atoms with Crippen LogP contribution in [0, 0.1) is 5.92 Å². The molecule has 3 heterocycles. The molecule has 0 saturated carbocycles. The van der Waals surface area contributed by atoms with Crippen molar-refractivity contribution in [2.75, 3.05) is 0 Å². The van der Waals surface area contributed by atoms with Crippen LogP contribution in [0.25, 0.3) is 17.1 Å². The van der Waals surface area contributed by atoms with Crippen molar-refractivity contribution in [3.8, 4) is 17.1 Å². The number of hydrogen-bond donors (Lipinski definition) is 0. The van der Waals surface area contributed by atoms with Gasteiger partial charge in [0.15, 0.2) is 5.82 Å². The van der Waals surface area contributed by atoms with E-state index in [9.17, 15) is 0 Å². The van der Waals surface area contributed by atoms with Gasteiger partial charge in [-0.05, 0) is 37.1 Å². The minimum atomic E-state index is -0.0933. The van der Waals surface area contributed by atoms with E-state index < -0.39 is 0 Å². The van der Waals surface area contributed by atoms with Gasteiger partial charge < -0.3 is 13.7 Å². The molecule has 4 aromatic rings. The fraction of sp³-hybridized carbons (Fsp3) is 0.300. The zero-order valence-corrected chi connectivity index (χ0v) is 15.6. The zero-order valence-electron chi connectivity index (χ0n) is 15.6. The van der Waals surface area contributed by atoms with Gasteiger partial charge in [-0.1, -0.05) is 19.0 Å². The second-order valence-electron chi connectivity index (χ2n) is 7.00. The van der Waals surface area contributed by atoms with Gasteiger partial charge in [0.25, 0.3) is 0 Å². The third kappa shape index (κ3) is 3.53. The van der Waals surface area contributed by atoms with Gasteiger partial charge in [0.2, 0.25) is 5.89 Å². The highest BCUT2D eigenvalue weighted by atomic mass is 16.5. The maximum absolute atomic E-state index is 5.49. The third-order valence-corrected chi connectivity index (χ3v) is 4.45. The molecule has 0 spiro atoms. The summed E-state index contributed by atoms with van der Waals surface area (Å²) in [6.45, 7) is 6.32. The van der Waals surface area contributed by atoms with Crippen molar-refractivity contribution in [2.45, 2.75) is 33.2 Å². The summed E-state index contributed by atoms with van der Waals surface area (Å²) >= 11 is 0. The lowest BCUT2D eigenvalue weighted by molar-refractivity contribution is 0.341. The Morgan fingerprint density at radius 2 is 1.85 bits per heavy atom. The van der Waals surface area contributed by atoms with Crippen LogP contribution in [0.3, 0.4) is 0 Å². The molecule has 0 fully saturated rings. The molecule has 0 aliphatic heterocycles. The minimum absolute atomic E-state index is 0.0933. The first-order valence-electron chi connectivity index (χ1n) is 9.06. The minimum Gasteiger partial charge on any atom is -0.337 e. The van der Waals surface area contributed by atoms with Gasteiger partial charge in [0.1, 0.15) is 11.9 Å². The zero-order chi connectivity index (χ0) is 18.8. The summed E-state index contributed by atoms with van der Waals surface area (Å²) in [6, 6.07) is 8.12. The molecular weight excluding hydrogens is 340 g/mol. The van der Waals surface area contributed by atoms with Crippen molar-refractivity contribution in [3.05, 3.63) is 67.1 Å². The SMILES string of the molecule is CC(C)Cc1noc([C@H](C)n2ccnc2-c2ccc(-n3ccnc3)cc2)n1. The number of aromatic nitrogens is 6. The van der Waals surface area contributed by atoms with Crippen LogP contribution in [-0.2, 0) is 6.42 Å². The van der Waals surface area contributed by atoms with E-state index in [2.05, 4.69) is 50.7 Å². The highest BCUT2D eigenvalue weighted by molar-refractivity contribution is 5.58. The van der Waals surface area contributed by atoms with Crippen LogP contribution in [-0.4, -0.2) is 29.2 Å². The first-order chi connectivity index (χ1) is 13.1. The van der Waals surface area contributed by atoms with Crippen LogP contribution in [0.4, 0.5) is 0 Å². The molecule has 0 N–H and O–H groups in total. The predicted octanol–water partition coefficient (Wildman–Crippen LogP) is 3.93. The molecule has 1 atom stereocenters. The van der Waals surface area contributed by atoms with E-state index in [1.54, 1.807) is 18.7 Å². The molecule has 138 valence electrons. The van der Waals surface area contributed by atoms with Gasteiger partial charge in [0, 0.05) is 42.5 Å². The Kier molecular flexibility index (Phi) is 4.58. The summed E-state index contributed by atoms with van der Waals surface area (Å²) in [5, 5.41) is 4.10. The normalized spacial score (nSPS) is 12.6. The number of rotatable bonds is 6. The Morgan fingerprint density at radius 3 is 2.56 bits per heavy atom. The largest absolute Gasteiger partial charge is 0.337 e. The smallest absolute Gasteiger partial charge is 0.249 e. The quantitative estimate of drug-likeness (QED) is 0.519. The molecule has 7 nitrogen and oxygen atoms in total. The van der Waals surface area contributed by atoms with Crippen molar-refractivity contribution < 1.29 is 4.52 Å². The van der Waals surface area contributed by atoms with Gasteiger partial charge in [-0.3, -0.25) is 0 Å². The van der Waals surface area contributed by atoms with E-state index in [1.807, 2.05) is 36.0 Å². The molecule has 3 aromatic heterocycles. The number of imidazole rings is 2. The Balaban J connectivity index is 1.60. The van der Waals surface area contributed by atoms with E-state index in [-0.39, 0.29) is 6.04 Å². The van der Waals surface area contributed by atoms with Gasteiger partial charge in [-0.25, -0.2) is 9.97 Å². The maximum atomic E-state index is 5.49. The summed E-state index contributed by atoms with van der Waals surface area (Å²) in [6.07, 6.45) is 10.0. The fourth-order valence-corrected chi connectivity index (χ4v) is 3.05. The summed E-state index contributed by atoms with van der Waals surface area (Å²) in [7, 11) is 0. The van der Waals surface area contributed by atoms with Crippen molar-refractivity contribution in [2.24, 2.45) is 5.92 Å². The molecule has 27 heavy (non-hydrogen) atoms. The van der Waals surface area contributed by atoms with Crippen molar-refractivity contribution in [3.63, 3.8) is 0 Å². The van der Waals surface area contributed by atoms with Crippen molar-refractivity contribution in [1.29, 1.82) is 0 Å². The second-order valence-corrected chi connectivity index (χ2v) is 7.00. The molecule has 0 bridgehead atoms. The standard InChI is InChI=1S/C20H22N6O/c1-14(2)12-18-23-20(27-24-18)15(3)26-11-9-22-19(26)16-4-6-17(7-5-16)25-10-8-21-13-25/h4-11,13-15H,12H2,1-3H3/t15-/m0/s1. The number of nitrogens with zero attached hydrogens (tertiary/aromatic N) is 6. The molecular formula is C20H22N6O. The average molecular weight is 362 g/mol. The molecule has 0 radical (unpaired) electrons. The molecule has 0 unspecified atom stereocenters. The van der Waals surface area contributed by atoms with E-state index >= 15 is 0 Å². The van der Waals surface area contributed by atoms with Gasteiger partial charge in [0.05, 0.1) is 6.33 Å². The summed E-state index contributed by atoms with van der Waals surface area (Å²) in [4.78, 5) is 13.2. The van der Waals surface area contributed by atoms with Crippen LogP contribution in [0.1, 0.15) is 38.5 Å². The Bertz CT molecular complexity index is 997. The van der Waals surface area contributed by atoms with Crippen LogP contribution < -0.4 is 0 Å². The molecule has 0 amide bonds. The first-order valence-corrected chi connectivity index (χ1v) is 9.06. The summed E-state index contributed by atoms with van der Waals surface area (Å²) < 4.78 is 9.51. The Hall–Kier alpha value is -3.22. The van der Waals surface area contributed by atoms with Gasteiger partial charge in [-0.15, -0.1) is 0 Å². The average Bonchev–Trinajstić information content (AvgIpc) is 3.42. The molecule has 0 aliphatic rings. The van der Waals surface area contributed by atoms with Crippen LogP contribution in [0.5, 0.6) is 0 Å². The number of hydrogen-bond acceptors (Lipinski definition) is 5. The Labute approximate surface area is 157 Å². The highest BCUT2D eigenvalue weighted by Crippen LogP contribution is 2.25. The lowest BCUT2D eigenvalue weighted by Crippen LogP contribution is -2.08.